The summed E-state index contributed by atoms with van der Waals surface area (Å²) in [7, 11) is 0. The van der Waals surface area contributed by atoms with Crippen molar-refractivity contribution in [1.82, 2.24) is 4.90 Å². The number of hydrogen-bond donors (Lipinski definition) is 1. The van der Waals surface area contributed by atoms with Gasteiger partial charge in [-0.05, 0) is 45.4 Å². The number of hydrogen-bond acceptors (Lipinski definition) is 3. The number of ketones is 1. The Labute approximate surface area is 126 Å². The molecule has 1 aromatic rings. The summed E-state index contributed by atoms with van der Waals surface area (Å²) in [5.74, 6) is 0.195. The second kappa shape index (κ2) is 7.36. The highest BCUT2D eigenvalue weighted by molar-refractivity contribution is 5.92. The van der Waals surface area contributed by atoms with Crippen LogP contribution in [0.3, 0.4) is 0 Å². The number of carbonyl (C=O) groups is 2. The van der Waals surface area contributed by atoms with Gasteiger partial charge in [-0.2, -0.15) is 0 Å². The lowest BCUT2D eigenvalue weighted by Gasteiger charge is -2.34. The van der Waals surface area contributed by atoms with Crippen molar-refractivity contribution in [3.63, 3.8) is 0 Å². The number of nitrogens with zero attached hydrogens (tertiary/aromatic N) is 1. The second-order valence-corrected chi connectivity index (χ2v) is 5.94. The van der Waals surface area contributed by atoms with Crippen LogP contribution in [0.4, 0.5) is 5.69 Å². The Bertz CT molecular complexity index is 496. The van der Waals surface area contributed by atoms with E-state index in [1.807, 2.05) is 31.2 Å². The van der Waals surface area contributed by atoms with Crippen molar-refractivity contribution in [2.75, 3.05) is 18.4 Å². The monoisotopic (exact) mass is 288 g/mol. The Morgan fingerprint density at radius 3 is 2.62 bits per heavy atom. The molecule has 21 heavy (non-hydrogen) atoms. The third-order valence-electron chi connectivity index (χ3n) is 3.95. The molecule has 114 valence electrons. The molecule has 0 spiro atoms. The summed E-state index contributed by atoms with van der Waals surface area (Å²) in [6.45, 7) is 4.91. The molecule has 0 saturated carbocycles. The van der Waals surface area contributed by atoms with Crippen molar-refractivity contribution in [2.24, 2.45) is 0 Å². The third kappa shape index (κ3) is 4.97. The fourth-order valence-corrected chi connectivity index (χ4v) is 2.85. The van der Waals surface area contributed by atoms with Crippen molar-refractivity contribution in [2.45, 2.75) is 45.6 Å². The minimum Gasteiger partial charge on any atom is -0.325 e. The first-order valence-electron chi connectivity index (χ1n) is 7.64. The number of nitrogens with one attached hydrogen (secondary N) is 1. The first-order valence-corrected chi connectivity index (χ1v) is 7.64. The molecule has 0 aliphatic carbocycles. The highest BCUT2D eigenvalue weighted by Gasteiger charge is 2.25. The van der Waals surface area contributed by atoms with Crippen molar-refractivity contribution in [3.05, 3.63) is 29.8 Å². The Morgan fingerprint density at radius 2 is 1.95 bits per heavy atom. The third-order valence-corrected chi connectivity index (χ3v) is 3.95. The number of rotatable bonds is 5. The van der Waals surface area contributed by atoms with Gasteiger partial charge in [-0.3, -0.25) is 14.5 Å². The Balaban J connectivity index is 1.90. The molecule has 4 nitrogen and oxygen atoms in total. The van der Waals surface area contributed by atoms with Gasteiger partial charge in [0.05, 0.1) is 6.54 Å². The minimum absolute atomic E-state index is 0.00527. The smallest absolute Gasteiger partial charge is 0.238 e. The summed E-state index contributed by atoms with van der Waals surface area (Å²) in [4.78, 5) is 25.6. The molecular formula is C17H24N2O2. The molecule has 1 heterocycles. The van der Waals surface area contributed by atoms with Gasteiger partial charge in [-0.1, -0.05) is 24.1 Å². The lowest BCUT2D eigenvalue weighted by molar-refractivity contribution is -0.121. The Kier molecular flexibility index (Phi) is 5.51. The van der Waals surface area contributed by atoms with E-state index in [0.29, 0.717) is 13.0 Å². The molecule has 1 saturated heterocycles. The van der Waals surface area contributed by atoms with Gasteiger partial charge in [0.1, 0.15) is 5.78 Å². The van der Waals surface area contributed by atoms with Gasteiger partial charge in [0.25, 0.3) is 0 Å². The lowest BCUT2D eigenvalue weighted by atomic mass is 9.98. The molecule has 0 bridgehead atoms. The number of amides is 1. The summed E-state index contributed by atoms with van der Waals surface area (Å²) in [5, 5.41) is 2.92. The number of piperidine rings is 1. The molecule has 1 amide bonds. The number of Topliss-reactive ketones (excluding diaryl/α,β-unsaturated/α-hetero) is 1. The van der Waals surface area contributed by atoms with E-state index in [1.54, 1.807) is 6.92 Å². The van der Waals surface area contributed by atoms with E-state index in [1.165, 1.54) is 5.56 Å². The normalized spacial score (nSPS) is 19.2. The van der Waals surface area contributed by atoms with Gasteiger partial charge in [0, 0.05) is 18.2 Å². The van der Waals surface area contributed by atoms with E-state index < -0.39 is 0 Å². The summed E-state index contributed by atoms with van der Waals surface area (Å²) < 4.78 is 0. The average Bonchev–Trinajstić information content (AvgIpc) is 2.43. The van der Waals surface area contributed by atoms with Crippen LogP contribution in [0.15, 0.2) is 24.3 Å². The van der Waals surface area contributed by atoms with E-state index in [0.717, 1.165) is 31.5 Å². The van der Waals surface area contributed by atoms with E-state index >= 15 is 0 Å². The van der Waals surface area contributed by atoms with Crippen molar-refractivity contribution < 1.29 is 9.59 Å². The number of likely N-dealkylation sites (tertiary alicyclic amines) is 1. The van der Waals surface area contributed by atoms with Crippen LogP contribution >= 0.6 is 0 Å². The molecule has 1 aliphatic rings. The molecular weight excluding hydrogens is 264 g/mol. The minimum atomic E-state index is -0.00527. The molecule has 0 radical (unpaired) electrons. The maximum Gasteiger partial charge on any atom is 0.238 e. The van der Waals surface area contributed by atoms with Crippen LogP contribution < -0.4 is 5.32 Å². The fraction of sp³-hybridized carbons (Fsp3) is 0.529. The van der Waals surface area contributed by atoms with E-state index in [9.17, 15) is 9.59 Å². The molecule has 1 N–H and O–H groups in total. The first kappa shape index (κ1) is 15.7. The lowest BCUT2D eigenvalue weighted by Crippen LogP contribution is -2.44. The zero-order chi connectivity index (χ0) is 15.2. The van der Waals surface area contributed by atoms with Gasteiger partial charge in [0.2, 0.25) is 5.91 Å². The predicted molar refractivity (Wildman–Crippen MR) is 84.3 cm³/mol. The van der Waals surface area contributed by atoms with Crippen molar-refractivity contribution in [3.8, 4) is 0 Å². The van der Waals surface area contributed by atoms with Gasteiger partial charge < -0.3 is 5.32 Å². The summed E-state index contributed by atoms with van der Waals surface area (Å²) in [5.41, 5.74) is 2.00. The summed E-state index contributed by atoms with van der Waals surface area (Å²) in [6, 6.07) is 8.01. The SMILES string of the molecule is CC(=O)CC1CCCCN1CC(=O)Nc1ccc(C)cc1. The van der Waals surface area contributed by atoms with E-state index in [-0.39, 0.29) is 17.7 Å². The molecule has 4 heteroatoms. The van der Waals surface area contributed by atoms with Crippen LogP contribution in [0.2, 0.25) is 0 Å². The van der Waals surface area contributed by atoms with Crippen LogP contribution in [0.5, 0.6) is 0 Å². The van der Waals surface area contributed by atoms with Gasteiger partial charge in [-0.15, -0.1) is 0 Å². The predicted octanol–water partition coefficient (Wildman–Crippen LogP) is 2.77. The van der Waals surface area contributed by atoms with Crippen LogP contribution in [0.1, 0.15) is 38.2 Å². The molecule has 2 rings (SSSR count). The van der Waals surface area contributed by atoms with Crippen molar-refractivity contribution >= 4 is 17.4 Å². The Morgan fingerprint density at radius 1 is 1.24 bits per heavy atom. The topological polar surface area (TPSA) is 49.4 Å². The van der Waals surface area contributed by atoms with Crippen LogP contribution in [0, 0.1) is 6.92 Å². The number of anilines is 1. The molecule has 1 unspecified atom stereocenters. The fourth-order valence-electron chi connectivity index (χ4n) is 2.85. The van der Waals surface area contributed by atoms with E-state index in [2.05, 4.69) is 10.2 Å². The van der Waals surface area contributed by atoms with E-state index in [4.69, 9.17) is 0 Å². The Hall–Kier alpha value is -1.68. The largest absolute Gasteiger partial charge is 0.325 e. The maximum atomic E-state index is 12.2. The maximum absolute atomic E-state index is 12.2. The summed E-state index contributed by atoms with van der Waals surface area (Å²) >= 11 is 0. The van der Waals surface area contributed by atoms with Gasteiger partial charge >= 0.3 is 0 Å². The molecule has 1 atom stereocenters. The van der Waals surface area contributed by atoms with Gasteiger partial charge in [-0.25, -0.2) is 0 Å². The van der Waals surface area contributed by atoms with Crippen molar-refractivity contribution in [1.29, 1.82) is 0 Å². The van der Waals surface area contributed by atoms with Gasteiger partial charge in [0.15, 0.2) is 0 Å². The molecule has 1 aromatic carbocycles. The quantitative estimate of drug-likeness (QED) is 0.906. The zero-order valence-corrected chi connectivity index (χ0v) is 12.9. The molecule has 0 aromatic heterocycles. The van der Waals surface area contributed by atoms with Crippen LogP contribution in [-0.2, 0) is 9.59 Å². The zero-order valence-electron chi connectivity index (χ0n) is 12.9. The number of aryl methyl sites for hydroxylation is 1. The second-order valence-electron chi connectivity index (χ2n) is 5.94. The highest BCUT2D eigenvalue weighted by Crippen LogP contribution is 2.20. The molecule has 1 fully saturated rings. The average molecular weight is 288 g/mol. The summed E-state index contributed by atoms with van der Waals surface area (Å²) in [6.07, 6.45) is 3.81. The number of benzene rings is 1. The highest BCUT2D eigenvalue weighted by atomic mass is 16.2. The first-order chi connectivity index (χ1) is 10.0. The number of carbonyl (C=O) groups excluding carboxylic acids is 2. The molecule has 1 aliphatic heterocycles. The van der Waals surface area contributed by atoms with Crippen LogP contribution in [-0.4, -0.2) is 35.7 Å². The van der Waals surface area contributed by atoms with Crippen LogP contribution in [0.25, 0.3) is 0 Å². The standard InChI is InChI=1S/C17H24N2O2/c1-13-6-8-15(9-7-13)18-17(21)12-19-10-4-3-5-16(19)11-14(2)20/h6-9,16H,3-5,10-12H2,1-2H3,(H,18,21).